The summed E-state index contributed by atoms with van der Waals surface area (Å²) in [6.45, 7) is 0.297. The largest absolute Gasteiger partial charge is 0.350 e. The molecule has 0 spiro atoms. The average Bonchev–Trinajstić information content (AvgIpc) is 2.75. The maximum atomic E-state index is 13.3. The van der Waals surface area contributed by atoms with E-state index in [1.165, 1.54) is 35.2 Å². The molecule has 0 aromatic heterocycles. The maximum absolute atomic E-state index is 13.3. The predicted molar refractivity (Wildman–Crippen MR) is 123 cm³/mol. The highest BCUT2D eigenvalue weighted by Gasteiger charge is 2.17. The zero-order valence-corrected chi connectivity index (χ0v) is 18.3. The van der Waals surface area contributed by atoms with Crippen molar-refractivity contribution in [3.8, 4) is 0 Å². The molecule has 5 nitrogen and oxygen atoms in total. The van der Waals surface area contributed by atoms with Crippen molar-refractivity contribution in [2.45, 2.75) is 0 Å². The second kappa shape index (κ2) is 10.5. The molecule has 160 valence electrons. The van der Waals surface area contributed by atoms with Crippen LogP contribution in [-0.2, 0) is 0 Å². The van der Waals surface area contributed by atoms with E-state index in [2.05, 4.69) is 10.6 Å². The lowest BCUT2D eigenvalue weighted by Gasteiger charge is -2.23. The summed E-state index contributed by atoms with van der Waals surface area (Å²) in [7, 11) is 0. The van der Waals surface area contributed by atoms with Gasteiger partial charge in [-0.1, -0.05) is 34.8 Å². The number of amides is 3. The van der Waals surface area contributed by atoms with Gasteiger partial charge in [-0.3, -0.25) is 9.69 Å². The van der Waals surface area contributed by atoms with Crippen molar-refractivity contribution >= 4 is 58.1 Å². The van der Waals surface area contributed by atoms with Crippen LogP contribution in [0.25, 0.3) is 0 Å². The third-order valence-corrected chi connectivity index (χ3v) is 5.27. The Bertz CT molecular complexity index is 1080. The van der Waals surface area contributed by atoms with Gasteiger partial charge in [0.15, 0.2) is 0 Å². The molecule has 3 aromatic rings. The molecule has 9 heteroatoms. The van der Waals surface area contributed by atoms with Crippen LogP contribution >= 0.6 is 34.8 Å². The first-order valence-electron chi connectivity index (χ1n) is 9.16. The van der Waals surface area contributed by atoms with Crippen LogP contribution in [0.4, 0.5) is 20.6 Å². The molecule has 3 aromatic carbocycles. The highest BCUT2D eigenvalue weighted by atomic mass is 35.5. The molecule has 31 heavy (non-hydrogen) atoms. The zero-order valence-electron chi connectivity index (χ0n) is 16.0. The monoisotopic (exact) mass is 479 g/mol. The van der Waals surface area contributed by atoms with Crippen molar-refractivity contribution in [2.24, 2.45) is 0 Å². The van der Waals surface area contributed by atoms with E-state index < -0.39 is 11.8 Å². The second-order valence-electron chi connectivity index (χ2n) is 6.45. The van der Waals surface area contributed by atoms with Gasteiger partial charge >= 0.3 is 6.03 Å². The van der Waals surface area contributed by atoms with Crippen molar-refractivity contribution in [1.82, 2.24) is 5.32 Å². The number of urea groups is 1. The first-order chi connectivity index (χ1) is 14.8. The molecule has 0 aliphatic heterocycles. The number of anilines is 2. The second-order valence-corrected chi connectivity index (χ2v) is 7.70. The highest BCUT2D eigenvalue weighted by Crippen LogP contribution is 2.25. The number of hydrogen-bond donors (Lipinski definition) is 2. The van der Waals surface area contributed by atoms with Crippen molar-refractivity contribution in [1.29, 1.82) is 0 Å². The van der Waals surface area contributed by atoms with Gasteiger partial charge in [0.25, 0.3) is 5.91 Å². The van der Waals surface area contributed by atoms with E-state index in [4.69, 9.17) is 34.8 Å². The molecule has 0 aliphatic rings. The number of halogens is 4. The molecule has 0 aliphatic carbocycles. The van der Waals surface area contributed by atoms with Gasteiger partial charge in [-0.25, -0.2) is 9.18 Å². The summed E-state index contributed by atoms with van der Waals surface area (Å²) in [5.41, 5.74) is 1.34. The molecule has 0 saturated carbocycles. The Morgan fingerprint density at radius 1 is 0.871 bits per heavy atom. The van der Waals surface area contributed by atoms with E-state index in [0.717, 1.165) is 0 Å². The van der Waals surface area contributed by atoms with Gasteiger partial charge in [-0.2, -0.15) is 0 Å². The van der Waals surface area contributed by atoms with Gasteiger partial charge in [-0.15, -0.1) is 0 Å². The van der Waals surface area contributed by atoms with E-state index in [9.17, 15) is 14.0 Å². The quantitative estimate of drug-likeness (QED) is 0.438. The van der Waals surface area contributed by atoms with E-state index in [1.807, 2.05) is 0 Å². The summed E-state index contributed by atoms with van der Waals surface area (Å²) in [6.07, 6.45) is 0. The molecule has 0 unspecified atom stereocenters. The number of carbonyl (C=O) groups excluding carboxylic acids is 2. The molecule has 2 N–H and O–H groups in total. The predicted octanol–water partition coefficient (Wildman–Crippen LogP) is 6.25. The van der Waals surface area contributed by atoms with Crippen LogP contribution in [0.2, 0.25) is 15.1 Å². The Hall–Kier alpha value is -2.80. The van der Waals surface area contributed by atoms with Crippen LogP contribution in [-0.4, -0.2) is 25.0 Å². The first-order valence-corrected chi connectivity index (χ1v) is 10.3. The molecule has 0 saturated heterocycles. The number of carbonyl (C=O) groups is 2. The minimum atomic E-state index is -0.481. The number of nitrogens with zero attached hydrogens (tertiary/aromatic N) is 1. The average molecular weight is 481 g/mol. The lowest BCUT2D eigenvalue weighted by molar-refractivity contribution is 0.0954. The van der Waals surface area contributed by atoms with Gasteiger partial charge in [0, 0.05) is 35.1 Å². The normalized spacial score (nSPS) is 10.5. The topological polar surface area (TPSA) is 61.4 Å². The molecule has 0 bridgehead atoms. The lowest BCUT2D eigenvalue weighted by Crippen LogP contribution is -2.41. The fourth-order valence-electron chi connectivity index (χ4n) is 2.72. The Kier molecular flexibility index (Phi) is 7.74. The van der Waals surface area contributed by atoms with E-state index in [1.54, 1.807) is 36.4 Å². The molecular weight excluding hydrogens is 464 g/mol. The maximum Gasteiger partial charge on any atom is 0.326 e. The van der Waals surface area contributed by atoms with E-state index in [0.29, 0.717) is 32.0 Å². The minimum Gasteiger partial charge on any atom is -0.350 e. The molecular formula is C22H17Cl3FN3O2. The third kappa shape index (κ3) is 6.34. The molecule has 3 rings (SSSR count). The molecule has 0 fully saturated rings. The van der Waals surface area contributed by atoms with Gasteiger partial charge in [0.2, 0.25) is 0 Å². The van der Waals surface area contributed by atoms with Crippen LogP contribution in [0, 0.1) is 5.82 Å². The third-order valence-electron chi connectivity index (χ3n) is 4.28. The zero-order chi connectivity index (χ0) is 22.4. The summed E-state index contributed by atoms with van der Waals surface area (Å²) in [5, 5.41) is 6.65. The Morgan fingerprint density at radius 3 is 2.19 bits per heavy atom. The Morgan fingerprint density at radius 2 is 1.55 bits per heavy atom. The number of rotatable bonds is 6. The molecule has 0 heterocycles. The summed E-state index contributed by atoms with van der Waals surface area (Å²) in [4.78, 5) is 26.6. The molecule has 0 radical (unpaired) electrons. The number of nitrogens with one attached hydrogen (secondary N) is 2. The van der Waals surface area contributed by atoms with Crippen LogP contribution in [0.1, 0.15) is 10.4 Å². The fraction of sp³-hybridized carbons (Fsp3) is 0.0909. The molecule has 3 amide bonds. The smallest absolute Gasteiger partial charge is 0.326 e. The lowest BCUT2D eigenvalue weighted by atomic mass is 10.2. The summed E-state index contributed by atoms with van der Waals surface area (Å²) < 4.78 is 13.3. The van der Waals surface area contributed by atoms with E-state index >= 15 is 0 Å². The Labute approximate surface area is 193 Å². The summed E-state index contributed by atoms with van der Waals surface area (Å²) in [5.74, 6) is -0.731. The van der Waals surface area contributed by atoms with Gasteiger partial charge < -0.3 is 10.6 Å². The fourth-order valence-corrected chi connectivity index (χ4v) is 3.14. The van der Waals surface area contributed by atoms with Crippen LogP contribution < -0.4 is 15.5 Å². The SMILES string of the molecule is O=C(NCCN(C(=O)Nc1ccc(Cl)c(Cl)c1)c1ccc(F)cc1)c1ccc(Cl)cc1. The highest BCUT2D eigenvalue weighted by molar-refractivity contribution is 6.42. The minimum absolute atomic E-state index is 0.137. The summed E-state index contributed by atoms with van der Waals surface area (Å²) >= 11 is 17.7. The Balaban J connectivity index is 1.70. The molecule has 0 atom stereocenters. The van der Waals surface area contributed by atoms with Gasteiger partial charge in [0.1, 0.15) is 5.82 Å². The van der Waals surface area contributed by atoms with Crippen molar-refractivity contribution < 1.29 is 14.0 Å². The number of benzene rings is 3. The van der Waals surface area contributed by atoms with Crippen LogP contribution in [0.5, 0.6) is 0 Å². The van der Waals surface area contributed by atoms with Gasteiger partial charge in [0.05, 0.1) is 10.0 Å². The van der Waals surface area contributed by atoms with Crippen molar-refractivity contribution in [3.05, 3.63) is 93.2 Å². The van der Waals surface area contributed by atoms with Gasteiger partial charge in [-0.05, 0) is 66.7 Å². The van der Waals surface area contributed by atoms with Crippen molar-refractivity contribution in [2.75, 3.05) is 23.3 Å². The van der Waals surface area contributed by atoms with Crippen molar-refractivity contribution in [3.63, 3.8) is 0 Å². The first kappa shape index (κ1) is 22.9. The summed E-state index contributed by atoms with van der Waals surface area (Å²) in [6, 6.07) is 16.1. The van der Waals surface area contributed by atoms with E-state index in [-0.39, 0.29) is 19.0 Å². The van der Waals surface area contributed by atoms with Crippen LogP contribution in [0.15, 0.2) is 66.7 Å². The standard InChI is InChI=1S/C22H17Cl3FN3O2/c23-15-3-1-14(2-4-15)21(30)27-11-12-29(18-8-5-16(26)6-9-18)22(31)28-17-7-10-19(24)20(25)13-17/h1-10,13H,11-12H2,(H,27,30)(H,28,31). The number of hydrogen-bond acceptors (Lipinski definition) is 2. The van der Waals surface area contributed by atoms with Crippen LogP contribution in [0.3, 0.4) is 0 Å².